The highest BCUT2D eigenvalue weighted by atomic mass is 15.4. The third-order valence-electron chi connectivity index (χ3n) is 27.0. The lowest BCUT2D eigenvalue weighted by atomic mass is 9.97. The molecule has 3 aliphatic heterocycles. The summed E-state index contributed by atoms with van der Waals surface area (Å²) in [7, 11) is 0. The van der Waals surface area contributed by atoms with E-state index in [0.29, 0.717) is 17.7 Å². The van der Waals surface area contributed by atoms with E-state index in [4.69, 9.17) is 44.9 Å². The number of fused-ring (bicyclic) bond motifs is 21. The van der Waals surface area contributed by atoms with E-state index in [9.17, 15) is 0 Å². The van der Waals surface area contributed by atoms with E-state index in [-0.39, 0.29) is 0 Å². The molecular weight excluding hydrogens is 1760 g/mol. The van der Waals surface area contributed by atoms with Gasteiger partial charge in [-0.1, -0.05) is 425 Å². The molecular formula is C129H85N15. The van der Waals surface area contributed by atoms with Crippen LogP contribution in [0.5, 0.6) is 0 Å². The minimum Gasteiger partial charge on any atom is -0.277 e. The van der Waals surface area contributed by atoms with Crippen molar-refractivity contribution < 1.29 is 0 Å². The first-order chi connectivity index (χ1) is 71.4. The molecule has 0 saturated carbocycles. The Hall–Kier alpha value is -19.8. The van der Waals surface area contributed by atoms with Gasteiger partial charge in [-0.2, -0.15) is 0 Å². The summed E-state index contributed by atoms with van der Waals surface area (Å²) in [6.07, 6.45) is 0. The number of para-hydroxylation sites is 12. The summed E-state index contributed by atoms with van der Waals surface area (Å²) in [6.45, 7) is 0. The van der Waals surface area contributed by atoms with Gasteiger partial charge in [-0.25, -0.2) is 54.7 Å². The maximum Gasteiger partial charge on any atom is 0.238 e. The van der Waals surface area contributed by atoms with Gasteiger partial charge in [0.1, 0.15) is 5.82 Å². The molecule has 15 nitrogen and oxygen atoms in total. The molecule has 0 N–H and O–H groups in total. The van der Waals surface area contributed by atoms with Gasteiger partial charge in [-0.3, -0.25) is 18.6 Å². The summed E-state index contributed by atoms with van der Waals surface area (Å²) in [5.41, 5.74) is 38.1. The van der Waals surface area contributed by atoms with Crippen molar-refractivity contribution in [3.63, 3.8) is 0 Å². The predicted molar refractivity (Wildman–Crippen MR) is 585 cm³/mol. The zero-order valence-corrected chi connectivity index (χ0v) is 77.8. The number of aromatic nitrogens is 12. The Morgan fingerprint density at radius 3 is 0.722 bits per heavy atom. The summed E-state index contributed by atoms with van der Waals surface area (Å²) in [6, 6.07) is 179. The third-order valence-corrected chi connectivity index (χ3v) is 27.0. The Bertz CT molecular complexity index is 9030. The fourth-order valence-corrected chi connectivity index (χ4v) is 20.2. The van der Waals surface area contributed by atoms with Crippen molar-refractivity contribution in [2.45, 2.75) is 0 Å². The van der Waals surface area contributed by atoms with Crippen molar-refractivity contribution in [1.82, 2.24) is 58.6 Å². The second-order valence-electron chi connectivity index (χ2n) is 35.6. The molecule has 0 bridgehead atoms. The first-order valence-electron chi connectivity index (χ1n) is 48.2. The van der Waals surface area contributed by atoms with Crippen molar-refractivity contribution in [3.05, 3.63) is 516 Å². The van der Waals surface area contributed by atoms with Crippen LogP contribution in [0.25, 0.3) is 196 Å². The van der Waals surface area contributed by atoms with E-state index in [1.54, 1.807) is 0 Å². The van der Waals surface area contributed by atoms with E-state index in [1.807, 2.05) is 78.9 Å². The zero-order valence-electron chi connectivity index (χ0n) is 77.8. The van der Waals surface area contributed by atoms with Crippen LogP contribution in [-0.2, 0) is 0 Å². The number of rotatable bonds is 13. The van der Waals surface area contributed by atoms with Crippen LogP contribution in [0.1, 0.15) is 0 Å². The minimum absolute atomic E-state index is 0.545. The molecule has 0 unspecified atom stereocenters. The second-order valence-corrected chi connectivity index (χ2v) is 35.6. The number of hydrogen-bond donors (Lipinski definition) is 0. The van der Waals surface area contributed by atoms with Crippen LogP contribution in [-0.4, -0.2) is 58.6 Å². The maximum absolute atomic E-state index is 5.35. The van der Waals surface area contributed by atoms with Gasteiger partial charge in [0.25, 0.3) is 0 Å². The van der Waals surface area contributed by atoms with E-state index < -0.39 is 0 Å². The van der Waals surface area contributed by atoms with Crippen molar-refractivity contribution in [2.24, 2.45) is 0 Å². The highest BCUT2D eigenvalue weighted by molar-refractivity contribution is 6.01. The van der Waals surface area contributed by atoms with E-state index in [2.05, 4.69) is 465 Å². The highest BCUT2D eigenvalue weighted by Crippen LogP contribution is 2.53. The van der Waals surface area contributed by atoms with Crippen LogP contribution in [0, 0.1) is 0 Å². The Kier molecular flexibility index (Phi) is 21.5. The van der Waals surface area contributed by atoms with Crippen LogP contribution in [0.3, 0.4) is 0 Å². The molecule has 9 heterocycles. The highest BCUT2D eigenvalue weighted by Gasteiger charge is 2.36. The second kappa shape index (κ2) is 36.6. The molecule has 144 heavy (non-hydrogen) atoms. The van der Waals surface area contributed by atoms with Crippen molar-refractivity contribution in [2.75, 3.05) is 14.7 Å². The largest absolute Gasteiger partial charge is 0.277 e. The van der Waals surface area contributed by atoms with Crippen molar-refractivity contribution in [1.29, 1.82) is 0 Å². The predicted octanol–water partition coefficient (Wildman–Crippen LogP) is 32.5. The molecule has 0 aliphatic carbocycles. The first kappa shape index (κ1) is 84.7. The molecule has 0 amide bonds. The third kappa shape index (κ3) is 15.5. The van der Waals surface area contributed by atoms with E-state index in [1.165, 1.54) is 16.7 Å². The van der Waals surface area contributed by atoms with Crippen LogP contribution < -0.4 is 14.7 Å². The summed E-state index contributed by atoms with van der Waals surface area (Å²) in [5, 5.41) is 0. The number of hydrogen-bond acceptors (Lipinski definition) is 12. The Morgan fingerprint density at radius 2 is 0.375 bits per heavy atom. The van der Waals surface area contributed by atoms with Gasteiger partial charge in [0.15, 0.2) is 5.82 Å². The standard InChI is InChI=1S/C47H31N5.2C41H27N5/c1-3-13-32(14-4-1)34-23-27-36(28-24-34)41-31-42(37-29-25-35(26-30-37)33-15-5-2-6-16-33)49-46(48-41)52-44-21-11-8-18-39(44)38-17-7-10-20-43(38)51-45-22-12-9-19-40(45)50-47(51)52;1-3-13-28(14-4-1)29-23-25-31(26-24-29)36-27-35(30-15-5-2-6-16-30)42-40(43-36)46-38-21-11-8-18-33(38)32-17-7-10-20-37(32)45-39-22-12-9-19-34(39)44-41(45)46;1-3-15-28(16-4-1)30-19-7-8-20-31(30)35-27-39(44-40(42-35)29-17-5-2-6-18-29)46-37-25-13-10-22-33(37)32-21-9-12-24-36(32)45-38-26-14-11-23-34(38)43-41(45)46/h1-31H;2*1-27H. The lowest BCUT2D eigenvalue weighted by Gasteiger charge is -2.24. The van der Waals surface area contributed by atoms with Gasteiger partial charge in [-0.05, 0) is 129 Å². The Balaban J connectivity index is 0.000000110. The number of nitrogens with zero attached hydrogens (tertiary/aromatic N) is 15. The normalized spacial score (nSPS) is 11.8. The number of benzene rings is 19. The van der Waals surface area contributed by atoms with Crippen LogP contribution in [0.2, 0.25) is 0 Å². The number of anilines is 9. The summed E-state index contributed by atoms with van der Waals surface area (Å²) in [4.78, 5) is 53.9. The van der Waals surface area contributed by atoms with Crippen LogP contribution in [0.4, 0.5) is 52.6 Å². The average molecular weight is 1850 g/mol. The molecule has 0 fully saturated rings. The minimum atomic E-state index is 0.545. The molecule has 676 valence electrons. The van der Waals surface area contributed by atoms with E-state index >= 15 is 0 Å². The maximum atomic E-state index is 5.35. The van der Waals surface area contributed by atoms with Gasteiger partial charge in [-0.15, -0.1) is 0 Å². The molecule has 0 radical (unpaired) electrons. The van der Waals surface area contributed by atoms with Crippen molar-refractivity contribution in [3.8, 4) is 163 Å². The fraction of sp³-hybridized carbons (Fsp3) is 0. The van der Waals surface area contributed by atoms with Gasteiger partial charge in [0.05, 0.1) is 95.7 Å². The summed E-state index contributed by atoms with van der Waals surface area (Å²) >= 11 is 0. The summed E-state index contributed by atoms with van der Waals surface area (Å²) < 4.78 is 6.73. The molecule has 6 aromatic heterocycles. The van der Waals surface area contributed by atoms with Gasteiger partial charge in [0.2, 0.25) is 29.7 Å². The molecule has 25 aromatic rings. The molecule has 0 saturated heterocycles. The van der Waals surface area contributed by atoms with Gasteiger partial charge < -0.3 is 0 Å². The first-order valence-corrected chi connectivity index (χ1v) is 48.2. The van der Waals surface area contributed by atoms with Gasteiger partial charge in [0, 0.05) is 72.8 Å². The van der Waals surface area contributed by atoms with Crippen molar-refractivity contribution >= 4 is 85.7 Å². The van der Waals surface area contributed by atoms with Gasteiger partial charge >= 0.3 is 0 Å². The molecule has 3 aliphatic rings. The van der Waals surface area contributed by atoms with Crippen LogP contribution in [0.15, 0.2) is 516 Å². The van der Waals surface area contributed by atoms with E-state index in [0.717, 1.165) is 214 Å². The topological polar surface area (TPSA) is 141 Å². The summed E-state index contributed by atoms with van der Waals surface area (Å²) in [5.74, 6) is 4.75. The van der Waals surface area contributed by atoms with Crippen LogP contribution >= 0.6 is 0 Å². The lowest BCUT2D eigenvalue weighted by molar-refractivity contribution is 0.999. The monoisotopic (exact) mass is 1840 g/mol. The fourth-order valence-electron chi connectivity index (χ4n) is 20.2. The quantitative estimate of drug-likeness (QED) is 0.108. The number of imidazole rings is 3. The molecule has 19 aromatic carbocycles. The Labute approximate surface area is 831 Å². The molecule has 15 heteroatoms. The Morgan fingerprint density at radius 1 is 0.139 bits per heavy atom. The average Bonchev–Trinajstić information content (AvgIpc) is 1.58. The molecule has 0 atom stereocenters. The smallest absolute Gasteiger partial charge is 0.238 e. The SMILES string of the molecule is c1ccc(-c2ccc(-c3cc(-c4ccc(-c5ccccc5)cc4)nc(N4c5ccccc5-c5ccccc5-n5c4nc4ccccc45)n3)cc2)cc1.c1ccc(-c2ccc(-c3cc(-c4ccccc4)nc(N4c5ccccc5-c5ccccc5-n5c4nc4ccccc45)n3)cc2)cc1.c1ccc(-c2nc(-c3ccccc3-c3ccccc3)cc(N3c4ccccc4-c4ccccc4-n4c3nc3ccccc34)n2)cc1. The molecule has 28 rings (SSSR count). The zero-order chi connectivity index (χ0) is 95.3. The lowest BCUT2D eigenvalue weighted by Crippen LogP contribution is -2.17. The molecule has 0 spiro atoms.